The number of hydrogen-bond donors (Lipinski definition) is 1. The lowest BCUT2D eigenvalue weighted by atomic mass is 10.2. The Balaban J connectivity index is 1.21. The first-order valence-corrected chi connectivity index (χ1v) is 11.3. The number of amides is 1. The molecule has 0 radical (unpaired) electrons. The quantitative estimate of drug-likeness (QED) is 0.377. The van der Waals surface area contributed by atoms with Crippen LogP contribution < -0.4 is 10.1 Å². The third-order valence-electron chi connectivity index (χ3n) is 4.99. The highest BCUT2D eigenvalue weighted by atomic mass is 35.5. The smallest absolute Gasteiger partial charge is 0.264 e. The zero-order chi connectivity index (χ0) is 21.9. The predicted molar refractivity (Wildman–Crippen MR) is 127 cm³/mol. The van der Waals surface area contributed by atoms with Crippen molar-refractivity contribution in [3.63, 3.8) is 0 Å². The molecule has 0 fully saturated rings. The molecule has 0 saturated carbocycles. The molecule has 0 aliphatic carbocycles. The lowest BCUT2D eigenvalue weighted by Gasteiger charge is -2.24. The number of anilines is 1. The summed E-state index contributed by atoms with van der Waals surface area (Å²) in [7, 11) is 0. The van der Waals surface area contributed by atoms with E-state index >= 15 is 0 Å². The molecule has 3 aromatic carbocycles. The standard InChI is InChI=1S/C25H19ClN2O3S/c26-18-10-8-17-9-11-19(27-22(17)13-18)15-30-20-5-3-4-16(12-20)14-31-25-24(29)28-21-6-1-2-7-23(21)32-25/h1-13,25H,14-15H2,(H,28,29). The number of hydrogen-bond acceptors (Lipinski definition) is 5. The molecule has 5 nitrogen and oxygen atoms in total. The lowest BCUT2D eigenvalue weighted by molar-refractivity contribution is -0.123. The average molecular weight is 463 g/mol. The Hall–Kier alpha value is -3.06. The normalized spacial score (nSPS) is 15.3. The number of carbonyl (C=O) groups is 1. The molecular weight excluding hydrogens is 444 g/mol. The molecule has 1 aliphatic rings. The third-order valence-corrected chi connectivity index (χ3v) is 6.40. The highest BCUT2D eigenvalue weighted by Crippen LogP contribution is 2.36. The topological polar surface area (TPSA) is 60.5 Å². The number of halogens is 1. The summed E-state index contributed by atoms with van der Waals surface area (Å²) >= 11 is 7.49. The Kier molecular flexibility index (Phi) is 5.99. The number of thioether (sulfide) groups is 1. The molecule has 160 valence electrons. The first kappa shape index (κ1) is 20.8. The van der Waals surface area contributed by atoms with Gasteiger partial charge in [-0.05, 0) is 48.0 Å². The van der Waals surface area contributed by atoms with E-state index in [1.807, 2.05) is 78.9 Å². The maximum absolute atomic E-state index is 12.3. The number of pyridine rings is 1. The Morgan fingerprint density at radius 2 is 1.84 bits per heavy atom. The van der Waals surface area contributed by atoms with Gasteiger partial charge in [0.15, 0.2) is 5.44 Å². The van der Waals surface area contributed by atoms with Crippen LogP contribution in [0.2, 0.25) is 5.02 Å². The number of ether oxygens (including phenoxy) is 2. The maximum Gasteiger partial charge on any atom is 0.264 e. The number of fused-ring (bicyclic) bond motifs is 2. The van der Waals surface area contributed by atoms with Crippen molar-refractivity contribution in [2.75, 3.05) is 5.32 Å². The first-order valence-electron chi connectivity index (χ1n) is 10.1. The van der Waals surface area contributed by atoms with Gasteiger partial charge < -0.3 is 14.8 Å². The Morgan fingerprint density at radius 1 is 0.969 bits per heavy atom. The molecule has 1 amide bonds. The lowest BCUT2D eigenvalue weighted by Crippen LogP contribution is -2.31. The highest BCUT2D eigenvalue weighted by Gasteiger charge is 2.27. The van der Waals surface area contributed by atoms with Crippen LogP contribution in [0, 0.1) is 0 Å². The molecule has 1 atom stereocenters. The van der Waals surface area contributed by atoms with Gasteiger partial charge in [0.25, 0.3) is 5.91 Å². The van der Waals surface area contributed by atoms with E-state index < -0.39 is 5.44 Å². The second-order valence-corrected chi connectivity index (χ2v) is 8.86. The van der Waals surface area contributed by atoms with Gasteiger partial charge in [-0.2, -0.15) is 0 Å². The molecule has 1 N–H and O–H groups in total. The number of benzene rings is 3. The van der Waals surface area contributed by atoms with Crippen LogP contribution in [0.3, 0.4) is 0 Å². The summed E-state index contributed by atoms with van der Waals surface area (Å²) in [5.74, 6) is 0.564. The number of nitrogens with one attached hydrogen (secondary N) is 1. The van der Waals surface area contributed by atoms with E-state index in [-0.39, 0.29) is 5.91 Å². The number of para-hydroxylation sites is 1. The van der Waals surface area contributed by atoms with E-state index in [2.05, 4.69) is 10.3 Å². The van der Waals surface area contributed by atoms with Gasteiger partial charge >= 0.3 is 0 Å². The largest absolute Gasteiger partial charge is 0.487 e. The molecular formula is C25H19ClN2O3S. The van der Waals surface area contributed by atoms with E-state index in [4.69, 9.17) is 21.1 Å². The van der Waals surface area contributed by atoms with Gasteiger partial charge in [-0.25, -0.2) is 4.98 Å². The van der Waals surface area contributed by atoms with Crippen molar-refractivity contribution >= 4 is 45.9 Å². The van der Waals surface area contributed by atoms with Crippen LogP contribution in [-0.2, 0) is 22.7 Å². The highest BCUT2D eigenvalue weighted by molar-refractivity contribution is 8.00. The fraction of sp³-hybridized carbons (Fsp3) is 0.120. The third kappa shape index (κ3) is 4.72. The van der Waals surface area contributed by atoms with E-state index in [1.54, 1.807) is 0 Å². The summed E-state index contributed by atoms with van der Waals surface area (Å²) in [6, 6.07) is 24.9. The minimum absolute atomic E-state index is 0.149. The van der Waals surface area contributed by atoms with Gasteiger partial charge in [-0.1, -0.05) is 59.8 Å². The van der Waals surface area contributed by atoms with Crippen LogP contribution in [0.25, 0.3) is 10.9 Å². The van der Waals surface area contributed by atoms with Crippen molar-refractivity contribution in [1.82, 2.24) is 4.98 Å². The van der Waals surface area contributed by atoms with Gasteiger partial charge in [0, 0.05) is 15.3 Å². The molecule has 4 aromatic rings. The first-order chi connectivity index (χ1) is 15.6. The zero-order valence-corrected chi connectivity index (χ0v) is 18.5. The summed E-state index contributed by atoms with van der Waals surface area (Å²) in [5.41, 5.74) is 2.80. The van der Waals surface area contributed by atoms with E-state index in [0.717, 1.165) is 32.7 Å². The van der Waals surface area contributed by atoms with E-state index in [1.165, 1.54) is 11.8 Å². The SMILES string of the molecule is O=C1Nc2ccccc2SC1OCc1cccc(OCc2ccc3ccc(Cl)cc3n2)c1. The molecule has 1 unspecified atom stereocenters. The predicted octanol–water partition coefficient (Wildman–Crippen LogP) is 6.05. The van der Waals surface area contributed by atoms with E-state index in [0.29, 0.717) is 24.0 Å². The van der Waals surface area contributed by atoms with Crippen LogP contribution in [0.1, 0.15) is 11.3 Å². The van der Waals surface area contributed by atoms with Crippen molar-refractivity contribution in [3.8, 4) is 5.75 Å². The summed E-state index contributed by atoms with van der Waals surface area (Å²) in [6.45, 7) is 0.640. The second-order valence-electron chi connectivity index (χ2n) is 7.32. The molecule has 2 heterocycles. The second kappa shape index (κ2) is 9.20. The summed E-state index contributed by atoms with van der Waals surface area (Å²) < 4.78 is 11.8. The maximum atomic E-state index is 12.3. The average Bonchev–Trinajstić information content (AvgIpc) is 2.81. The van der Waals surface area contributed by atoms with Gasteiger partial charge in [0.05, 0.1) is 23.5 Å². The number of carbonyl (C=O) groups excluding carboxylic acids is 1. The molecule has 1 aromatic heterocycles. The molecule has 32 heavy (non-hydrogen) atoms. The minimum Gasteiger partial charge on any atom is -0.487 e. The number of nitrogens with zero attached hydrogens (tertiary/aromatic N) is 1. The fourth-order valence-electron chi connectivity index (χ4n) is 3.41. The van der Waals surface area contributed by atoms with Crippen molar-refractivity contribution in [2.24, 2.45) is 0 Å². The minimum atomic E-state index is -0.594. The molecule has 5 rings (SSSR count). The van der Waals surface area contributed by atoms with Crippen LogP contribution in [0.5, 0.6) is 5.75 Å². The van der Waals surface area contributed by atoms with Crippen molar-refractivity contribution in [2.45, 2.75) is 23.5 Å². The van der Waals surface area contributed by atoms with Crippen LogP contribution in [0.15, 0.2) is 83.8 Å². The zero-order valence-electron chi connectivity index (χ0n) is 17.0. The Morgan fingerprint density at radius 3 is 2.78 bits per heavy atom. The molecule has 0 bridgehead atoms. The molecule has 1 aliphatic heterocycles. The fourth-order valence-corrected chi connectivity index (χ4v) is 4.51. The van der Waals surface area contributed by atoms with Crippen molar-refractivity contribution in [3.05, 3.63) is 95.1 Å². The summed E-state index contributed by atoms with van der Waals surface area (Å²) in [6.07, 6.45) is 0. The van der Waals surface area contributed by atoms with Crippen molar-refractivity contribution in [1.29, 1.82) is 0 Å². The van der Waals surface area contributed by atoms with Crippen LogP contribution in [0.4, 0.5) is 5.69 Å². The monoisotopic (exact) mass is 462 g/mol. The summed E-state index contributed by atoms with van der Waals surface area (Å²) in [4.78, 5) is 17.9. The van der Waals surface area contributed by atoms with E-state index in [9.17, 15) is 4.79 Å². The number of rotatable bonds is 6. The van der Waals surface area contributed by atoms with Gasteiger partial charge in [0.1, 0.15) is 12.4 Å². The van der Waals surface area contributed by atoms with Crippen LogP contribution >= 0.6 is 23.4 Å². The summed E-state index contributed by atoms with van der Waals surface area (Å²) in [5, 5.41) is 4.58. The van der Waals surface area contributed by atoms with Gasteiger partial charge in [0.2, 0.25) is 0 Å². The molecule has 0 spiro atoms. The van der Waals surface area contributed by atoms with Gasteiger partial charge in [-0.3, -0.25) is 4.79 Å². The molecule has 0 saturated heterocycles. The Bertz CT molecular complexity index is 1300. The van der Waals surface area contributed by atoms with Crippen molar-refractivity contribution < 1.29 is 14.3 Å². The Labute approximate surface area is 194 Å². The van der Waals surface area contributed by atoms with Crippen LogP contribution in [-0.4, -0.2) is 16.3 Å². The van der Waals surface area contributed by atoms with Gasteiger partial charge in [-0.15, -0.1) is 0 Å². The molecule has 7 heteroatoms. The number of aromatic nitrogens is 1.